The molecule has 0 spiro atoms. The van der Waals surface area contributed by atoms with Gasteiger partial charge in [-0.05, 0) is 31.5 Å². The normalized spacial score (nSPS) is 19.4. The van der Waals surface area contributed by atoms with Crippen LogP contribution in [0.2, 0.25) is 5.02 Å². The van der Waals surface area contributed by atoms with Gasteiger partial charge in [-0.3, -0.25) is 0 Å². The molecule has 0 atom stereocenters. The van der Waals surface area contributed by atoms with E-state index in [1.807, 2.05) is 12.1 Å². The van der Waals surface area contributed by atoms with Crippen molar-refractivity contribution in [2.24, 2.45) is 0 Å². The van der Waals surface area contributed by atoms with Crippen LogP contribution < -0.4 is 4.90 Å². The van der Waals surface area contributed by atoms with E-state index < -0.39 is 0 Å². The second kappa shape index (κ2) is 5.17. The van der Waals surface area contributed by atoms with E-state index in [9.17, 15) is 0 Å². The summed E-state index contributed by atoms with van der Waals surface area (Å²) in [6, 6.07) is 6.07. The van der Waals surface area contributed by atoms with Crippen molar-refractivity contribution < 1.29 is 4.74 Å². The molecule has 4 heteroatoms. The van der Waals surface area contributed by atoms with E-state index >= 15 is 0 Å². The molecular weight excluding hydrogens is 302 g/mol. The summed E-state index contributed by atoms with van der Waals surface area (Å²) in [5, 5.41) is 1.62. The Morgan fingerprint density at radius 2 is 2.24 bits per heavy atom. The number of alkyl halides is 1. The highest BCUT2D eigenvalue weighted by Gasteiger charge is 2.31. The van der Waals surface area contributed by atoms with Gasteiger partial charge in [0, 0.05) is 22.6 Å². The molecule has 2 nitrogen and oxygen atoms in total. The summed E-state index contributed by atoms with van der Waals surface area (Å²) in [4.78, 5) is 2.39. The Hall–Kier alpha value is -0.250. The first-order valence-corrected chi connectivity index (χ1v) is 7.24. The molecule has 0 bridgehead atoms. The van der Waals surface area contributed by atoms with Crippen molar-refractivity contribution in [3.8, 4) is 0 Å². The number of benzene rings is 1. The van der Waals surface area contributed by atoms with E-state index in [0.29, 0.717) is 0 Å². The quantitative estimate of drug-likeness (QED) is 0.768. The minimum atomic E-state index is 0.0137. The fourth-order valence-corrected chi connectivity index (χ4v) is 2.85. The van der Waals surface area contributed by atoms with Gasteiger partial charge >= 0.3 is 0 Å². The van der Waals surface area contributed by atoms with Crippen molar-refractivity contribution in [2.75, 3.05) is 24.7 Å². The monoisotopic (exact) mass is 317 g/mol. The summed E-state index contributed by atoms with van der Waals surface area (Å²) in [6.07, 6.45) is 0. The predicted molar refractivity (Wildman–Crippen MR) is 76.3 cm³/mol. The Bertz CT molecular complexity index is 408. The Kier molecular flexibility index (Phi) is 4.01. The van der Waals surface area contributed by atoms with Crippen LogP contribution in [0.4, 0.5) is 5.69 Å². The molecule has 1 fully saturated rings. The summed E-state index contributed by atoms with van der Waals surface area (Å²) in [5.74, 6) is 0. The maximum atomic E-state index is 6.11. The van der Waals surface area contributed by atoms with Crippen molar-refractivity contribution in [2.45, 2.75) is 24.7 Å². The van der Waals surface area contributed by atoms with Gasteiger partial charge < -0.3 is 9.64 Å². The van der Waals surface area contributed by atoms with Crippen LogP contribution in [0.25, 0.3) is 0 Å². The van der Waals surface area contributed by atoms with Crippen LogP contribution in [0.15, 0.2) is 18.2 Å². The van der Waals surface area contributed by atoms with E-state index in [0.717, 1.165) is 30.1 Å². The van der Waals surface area contributed by atoms with Gasteiger partial charge in [0.25, 0.3) is 0 Å². The average Bonchev–Trinajstić information content (AvgIpc) is 2.28. The fourth-order valence-electron chi connectivity index (χ4n) is 2.21. The molecule has 17 heavy (non-hydrogen) atoms. The highest BCUT2D eigenvalue weighted by atomic mass is 79.9. The summed E-state index contributed by atoms with van der Waals surface area (Å²) in [6.45, 7) is 6.84. The molecule has 2 rings (SSSR count). The van der Waals surface area contributed by atoms with E-state index in [1.54, 1.807) is 0 Å². The third-order valence-corrected chi connectivity index (χ3v) is 3.97. The molecule has 1 aliphatic heterocycles. The number of ether oxygens (including phenoxy) is 1. The fraction of sp³-hybridized carbons (Fsp3) is 0.538. The third-order valence-electron chi connectivity index (χ3n) is 3.13. The van der Waals surface area contributed by atoms with E-state index in [2.05, 4.69) is 40.7 Å². The molecule has 1 aliphatic rings. The van der Waals surface area contributed by atoms with Crippen molar-refractivity contribution in [1.29, 1.82) is 0 Å². The number of hydrogen-bond acceptors (Lipinski definition) is 2. The lowest BCUT2D eigenvalue weighted by Crippen LogP contribution is -2.53. The van der Waals surface area contributed by atoms with Gasteiger partial charge in [-0.25, -0.2) is 0 Å². The van der Waals surface area contributed by atoms with Gasteiger partial charge in [-0.1, -0.05) is 33.6 Å². The van der Waals surface area contributed by atoms with Gasteiger partial charge in [-0.2, -0.15) is 0 Å². The Morgan fingerprint density at radius 3 is 2.88 bits per heavy atom. The third kappa shape index (κ3) is 2.78. The molecule has 1 saturated heterocycles. The van der Waals surface area contributed by atoms with Crippen LogP contribution in [0.1, 0.15) is 19.4 Å². The molecule has 94 valence electrons. The number of rotatable bonds is 2. The highest BCUT2D eigenvalue weighted by molar-refractivity contribution is 9.08. The van der Waals surface area contributed by atoms with E-state index in [4.69, 9.17) is 16.3 Å². The van der Waals surface area contributed by atoms with Crippen molar-refractivity contribution in [3.63, 3.8) is 0 Å². The number of morpholine rings is 1. The first kappa shape index (κ1) is 13.2. The number of nitrogens with zero attached hydrogens (tertiary/aromatic N) is 1. The maximum Gasteiger partial charge on any atom is 0.0694 e. The zero-order valence-corrected chi connectivity index (χ0v) is 12.5. The average molecular weight is 319 g/mol. The largest absolute Gasteiger partial charge is 0.377 e. The van der Waals surface area contributed by atoms with Crippen molar-refractivity contribution in [1.82, 2.24) is 0 Å². The first-order valence-electron chi connectivity index (χ1n) is 5.74. The van der Waals surface area contributed by atoms with Crippen LogP contribution >= 0.6 is 27.5 Å². The smallest absolute Gasteiger partial charge is 0.0694 e. The standard InChI is InChI=1S/C13H17BrClNO/c1-13(2)9-17-6-5-16(13)12-7-11(15)4-3-10(12)8-14/h3-4,7H,5-6,8-9H2,1-2H3. The zero-order chi connectivity index (χ0) is 12.5. The first-order chi connectivity index (χ1) is 8.04. The van der Waals surface area contributed by atoms with Crippen molar-refractivity contribution in [3.05, 3.63) is 28.8 Å². The van der Waals surface area contributed by atoms with E-state index in [-0.39, 0.29) is 5.54 Å². The van der Waals surface area contributed by atoms with Crippen molar-refractivity contribution >= 4 is 33.2 Å². The molecule has 0 N–H and O–H groups in total. The van der Waals surface area contributed by atoms with Gasteiger partial charge in [0.05, 0.1) is 18.8 Å². The van der Waals surface area contributed by atoms with Gasteiger partial charge in [0.2, 0.25) is 0 Å². The lowest BCUT2D eigenvalue weighted by Gasteiger charge is -2.44. The molecule has 0 radical (unpaired) electrons. The lowest BCUT2D eigenvalue weighted by molar-refractivity contribution is 0.0643. The topological polar surface area (TPSA) is 12.5 Å². The Balaban J connectivity index is 2.40. The Morgan fingerprint density at radius 1 is 1.47 bits per heavy atom. The lowest BCUT2D eigenvalue weighted by atomic mass is 10.00. The van der Waals surface area contributed by atoms with E-state index in [1.165, 1.54) is 11.3 Å². The molecule has 1 aromatic carbocycles. The molecule has 0 amide bonds. The SMILES string of the molecule is CC1(C)COCCN1c1cc(Cl)ccc1CBr. The number of halogens is 2. The summed E-state index contributed by atoms with van der Waals surface area (Å²) in [5.41, 5.74) is 2.49. The molecule has 0 aliphatic carbocycles. The van der Waals surface area contributed by atoms with Crippen LogP contribution in [0, 0.1) is 0 Å². The molecule has 0 saturated carbocycles. The molecule has 1 heterocycles. The van der Waals surface area contributed by atoms with Crippen LogP contribution in [-0.2, 0) is 10.1 Å². The summed E-state index contributed by atoms with van der Waals surface area (Å²) in [7, 11) is 0. The van der Waals surface area contributed by atoms with Crippen LogP contribution in [0.5, 0.6) is 0 Å². The van der Waals surface area contributed by atoms with Gasteiger partial charge in [0.1, 0.15) is 0 Å². The van der Waals surface area contributed by atoms with Gasteiger partial charge in [0.15, 0.2) is 0 Å². The van der Waals surface area contributed by atoms with Gasteiger partial charge in [-0.15, -0.1) is 0 Å². The number of hydrogen-bond donors (Lipinski definition) is 0. The molecule has 1 aromatic rings. The highest BCUT2D eigenvalue weighted by Crippen LogP contribution is 2.33. The van der Waals surface area contributed by atoms with Crippen LogP contribution in [0.3, 0.4) is 0 Å². The maximum absolute atomic E-state index is 6.11. The van der Waals surface area contributed by atoms with Crippen LogP contribution in [-0.4, -0.2) is 25.3 Å². The molecular formula is C13H17BrClNO. The minimum absolute atomic E-state index is 0.0137. The second-order valence-corrected chi connectivity index (χ2v) is 5.92. The summed E-state index contributed by atoms with van der Waals surface area (Å²) >= 11 is 9.65. The molecule has 0 unspecified atom stereocenters. The summed E-state index contributed by atoms with van der Waals surface area (Å²) < 4.78 is 5.55. The second-order valence-electron chi connectivity index (χ2n) is 4.92. The predicted octanol–water partition coefficient (Wildman–Crippen LogP) is 3.85. The zero-order valence-electron chi connectivity index (χ0n) is 10.2. The minimum Gasteiger partial charge on any atom is -0.377 e. The number of anilines is 1. The Labute approximate surface area is 116 Å². The molecule has 0 aromatic heterocycles.